The number of hydrogen-bond acceptors (Lipinski definition) is 3. The van der Waals surface area contributed by atoms with Crippen LogP contribution in [0, 0.1) is 13.8 Å². The Morgan fingerprint density at radius 1 is 1.12 bits per heavy atom. The summed E-state index contributed by atoms with van der Waals surface area (Å²) >= 11 is 13.6. The molecule has 0 radical (unpaired) electrons. The summed E-state index contributed by atoms with van der Waals surface area (Å²) in [5, 5.41) is 4.44. The summed E-state index contributed by atoms with van der Waals surface area (Å²) in [6.45, 7) is 4.81. The number of thioether (sulfide) groups is 1. The third-order valence-electron chi connectivity index (χ3n) is 4.09. The first-order valence-corrected chi connectivity index (χ1v) is 10.0. The average molecular weight is 408 g/mol. The molecular weight excluding hydrogens is 389 g/mol. The molecule has 0 aliphatic carbocycles. The highest BCUT2D eigenvalue weighted by Crippen LogP contribution is 2.28. The van der Waals surface area contributed by atoms with Crippen LogP contribution in [0.25, 0.3) is 0 Å². The SMILES string of the molecule is Cc1ccc(N(C(=O)Nc2ccc(Cl)c(Cl)c2)C2=NCCCS2)cc1C. The first kappa shape index (κ1) is 19.1. The quantitative estimate of drug-likeness (QED) is 0.649. The summed E-state index contributed by atoms with van der Waals surface area (Å²) in [5.74, 6) is 0.945. The van der Waals surface area contributed by atoms with Crippen LogP contribution in [-0.2, 0) is 0 Å². The highest BCUT2D eigenvalue weighted by molar-refractivity contribution is 8.14. The Morgan fingerprint density at radius 2 is 1.92 bits per heavy atom. The standard InChI is InChI=1S/C19H19Cl2N3OS/c1-12-4-6-15(10-13(12)2)24(19-22-8-3-9-26-19)18(25)23-14-5-7-16(20)17(21)11-14/h4-7,10-11H,3,8-9H2,1-2H3,(H,23,25). The zero-order valence-corrected chi connectivity index (χ0v) is 16.9. The maximum absolute atomic E-state index is 13.0. The molecule has 1 aliphatic heterocycles. The molecule has 1 aliphatic rings. The number of urea groups is 1. The zero-order chi connectivity index (χ0) is 18.7. The van der Waals surface area contributed by atoms with Gasteiger partial charge in [-0.1, -0.05) is 41.0 Å². The van der Waals surface area contributed by atoms with Crippen LogP contribution >= 0.6 is 35.0 Å². The number of rotatable bonds is 2. The number of nitrogens with one attached hydrogen (secondary N) is 1. The molecule has 2 amide bonds. The van der Waals surface area contributed by atoms with Crippen molar-refractivity contribution in [3.05, 3.63) is 57.6 Å². The Labute approximate surface area is 167 Å². The van der Waals surface area contributed by atoms with Crippen molar-refractivity contribution in [1.82, 2.24) is 0 Å². The fourth-order valence-electron chi connectivity index (χ4n) is 2.52. The van der Waals surface area contributed by atoms with E-state index >= 15 is 0 Å². The summed E-state index contributed by atoms with van der Waals surface area (Å²) < 4.78 is 0. The molecule has 0 saturated heterocycles. The number of aryl methyl sites for hydroxylation is 2. The molecule has 2 aromatic carbocycles. The van der Waals surface area contributed by atoms with Crippen LogP contribution in [0.4, 0.5) is 16.2 Å². The number of halogens is 2. The van der Waals surface area contributed by atoms with Crippen LogP contribution < -0.4 is 10.2 Å². The average Bonchev–Trinajstić information content (AvgIpc) is 2.62. The second kappa shape index (κ2) is 8.33. The molecule has 4 nitrogen and oxygen atoms in total. The lowest BCUT2D eigenvalue weighted by Gasteiger charge is -2.26. The number of carbonyl (C=O) groups excluding carboxylic acids is 1. The van der Waals surface area contributed by atoms with E-state index in [-0.39, 0.29) is 6.03 Å². The van der Waals surface area contributed by atoms with Crippen molar-refractivity contribution in [1.29, 1.82) is 0 Å². The summed E-state index contributed by atoms with van der Waals surface area (Å²) in [4.78, 5) is 19.2. The van der Waals surface area contributed by atoms with Crippen LogP contribution in [0.2, 0.25) is 10.0 Å². The van der Waals surface area contributed by atoms with Gasteiger partial charge in [0.25, 0.3) is 0 Å². The van der Waals surface area contributed by atoms with Gasteiger partial charge in [-0.15, -0.1) is 0 Å². The molecule has 0 atom stereocenters. The minimum absolute atomic E-state index is 0.278. The largest absolute Gasteiger partial charge is 0.332 e. The van der Waals surface area contributed by atoms with Crippen molar-refractivity contribution in [3.63, 3.8) is 0 Å². The second-order valence-corrected chi connectivity index (χ2v) is 7.91. The Bertz CT molecular complexity index is 870. The van der Waals surface area contributed by atoms with Crippen molar-refractivity contribution in [3.8, 4) is 0 Å². The lowest BCUT2D eigenvalue weighted by molar-refractivity contribution is 0.259. The van der Waals surface area contributed by atoms with Crippen molar-refractivity contribution in [2.45, 2.75) is 20.3 Å². The topological polar surface area (TPSA) is 44.7 Å². The van der Waals surface area contributed by atoms with Gasteiger partial charge in [0, 0.05) is 18.0 Å². The number of aliphatic imine (C=N–C) groups is 1. The van der Waals surface area contributed by atoms with Crippen molar-refractivity contribution >= 4 is 57.5 Å². The predicted molar refractivity (Wildman–Crippen MR) is 113 cm³/mol. The summed E-state index contributed by atoms with van der Waals surface area (Å²) in [6.07, 6.45) is 1.02. The summed E-state index contributed by atoms with van der Waals surface area (Å²) in [6, 6.07) is 10.7. The van der Waals surface area contributed by atoms with E-state index in [1.54, 1.807) is 34.9 Å². The number of amides is 2. The minimum Gasteiger partial charge on any atom is -0.307 e. The first-order valence-electron chi connectivity index (χ1n) is 8.26. The van der Waals surface area contributed by atoms with Crippen molar-refractivity contribution in [2.75, 3.05) is 22.5 Å². The van der Waals surface area contributed by atoms with E-state index in [1.807, 2.05) is 32.0 Å². The van der Waals surface area contributed by atoms with Gasteiger partial charge in [-0.3, -0.25) is 4.99 Å². The van der Waals surface area contributed by atoms with E-state index in [9.17, 15) is 4.79 Å². The molecule has 26 heavy (non-hydrogen) atoms. The van der Waals surface area contributed by atoms with E-state index in [0.717, 1.165) is 30.0 Å². The molecule has 0 spiro atoms. The van der Waals surface area contributed by atoms with Crippen LogP contribution in [0.1, 0.15) is 17.5 Å². The molecule has 1 N–H and O–H groups in total. The van der Waals surface area contributed by atoms with Crippen molar-refractivity contribution < 1.29 is 4.79 Å². The maximum Gasteiger partial charge on any atom is 0.332 e. The molecule has 3 rings (SSSR count). The Hall–Kier alpha value is -1.69. The molecule has 0 bridgehead atoms. The third kappa shape index (κ3) is 4.34. The Morgan fingerprint density at radius 3 is 2.58 bits per heavy atom. The summed E-state index contributed by atoms with van der Waals surface area (Å²) in [5.41, 5.74) is 3.67. The van der Waals surface area contributed by atoms with E-state index in [0.29, 0.717) is 20.9 Å². The number of nitrogens with zero attached hydrogens (tertiary/aromatic N) is 2. The first-order chi connectivity index (χ1) is 12.5. The van der Waals surface area contributed by atoms with Gasteiger partial charge in [0.15, 0.2) is 5.17 Å². The highest BCUT2D eigenvalue weighted by Gasteiger charge is 2.24. The fraction of sp³-hybridized carbons (Fsp3) is 0.263. The van der Waals surface area contributed by atoms with Gasteiger partial charge in [-0.05, 0) is 61.7 Å². The van der Waals surface area contributed by atoms with E-state index in [1.165, 1.54) is 5.56 Å². The monoisotopic (exact) mass is 407 g/mol. The predicted octanol–water partition coefficient (Wildman–Crippen LogP) is 6.14. The number of carbonyl (C=O) groups is 1. The number of anilines is 2. The second-order valence-electron chi connectivity index (χ2n) is 6.03. The van der Waals surface area contributed by atoms with Gasteiger partial charge in [-0.2, -0.15) is 0 Å². The molecular formula is C19H19Cl2N3OS. The van der Waals surface area contributed by atoms with Crippen LogP contribution in [-0.4, -0.2) is 23.5 Å². The molecule has 1 heterocycles. The van der Waals surface area contributed by atoms with Crippen LogP contribution in [0.15, 0.2) is 41.4 Å². The lowest BCUT2D eigenvalue weighted by atomic mass is 10.1. The smallest absolute Gasteiger partial charge is 0.307 e. The Kier molecular flexibility index (Phi) is 6.12. The Balaban J connectivity index is 1.93. The van der Waals surface area contributed by atoms with Gasteiger partial charge in [0.1, 0.15) is 0 Å². The number of amidine groups is 1. The van der Waals surface area contributed by atoms with Crippen LogP contribution in [0.3, 0.4) is 0 Å². The highest BCUT2D eigenvalue weighted by atomic mass is 35.5. The van der Waals surface area contributed by atoms with E-state index in [4.69, 9.17) is 23.2 Å². The van der Waals surface area contributed by atoms with E-state index < -0.39 is 0 Å². The third-order valence-corrected chi connectivity index (χ3v) is 5.90. The van der Waals surface area contributed by atoms with Gasteiger partial charge >= 0.3 is 6.03 Å². The molecule has 0 fully saturated rings. The molecule has 0 saturated carbocycles. The molecule has 7 heteroatoms. The fourth-order valence-corrected chi connectivity index (χ4v) is 3.77. The molecule has 0 aromatic heterocycles. The van der Waals surface area contributed by atoms with Gasteiger partial charge in [0.2, 0.25) is 0 Å². The molecule has 2 aromatic rings. The summed E-state index contributed by atoms with van der Waals surface area (Å²) in [7, 11) is 0. The van der Waals surface area contributed by atoms with E-state index in [2.05, 4.69) is 10.3 Å². The molecule has 0 unspecified atom stereocenters. The lowest BCUT2D eigenvalue weighted by Crippen LogP contribution is -2.40. The van der Waals surface area contributed by atoms with Gasteiger partial charge < -0.3 is 5.32 Å². The normalized spacial score (nSPS) is 13.9. The maximum atomic E-state index is 13.0. The zero-order valence-electron chi connectivity index (χ0n) is 14.6. The molecule has 136 valence electrons. The number of hydrogen-bond donors (Lipinski definition) is 1. The van der Waals surface area contributed by atoms with Crippen LogP contribution in [0.5, 0.6) is 0 Å². The number of benzene rings is 2. The minimum atomic E-state index is -0.278. The van der Waals surface area contributed by atoms with Gasteiger partial charge in [-0.25, -0.2) is 9.69 Å². The van der Waals surface area contributed by atoms with Gasteiger partial charge in [0.05, 0.1) is 15.7 Å². The van der Waals surface area contributed by atoms with Crippen molar-refractivity contribution in [2.24, 2.45) is 4.99 Å².